The number of anilines is 4. The lowest BCUT2D eigenvalue weighted by Crippen LogP contribution is -2.55. The molecule has 5 N–H and O–H groups in total. The molecule has 15 heteroatoms. The van der Waals surface area contributed by atoms with E-state index in [9.17, 15) is 24.3 Å². The van der Waals surface area contributed by atoms with Gasteiger partial charge in [-0.1, -0.05) is 50.1 Å². The lowest BCUT2D eigenvalue weighted by molar-refractivity contribution is -0.139. The van der Waals surface area contributed by atoms with Crippen LogP contribution in [-0.2, 0) is 9.59 Å². The third-order valence-electron chi connectivity index (χ3n) is 10.4. The molecule has 3 heterocycles. The number of nitrogens with zero attached hydrogens (tertiary/aromatic N) is 5. The Morgan fingerprint density at radius 2 is 1.77 bits per heavy atom. The maximum absolute atomic E-state index is 13.3. The molecule has 4 amide bonds. The van der Waals surface area contributed by atoms with Crippen LogP contribution in [0.2, 0.25) is 0 Å². The first-order chi connectivity index (χ1) is 25.7. The van der Waals surface area contributed by atoms with Crippen LogP contribution >= 0.6 is 0 Å². The molecule has 0 spiro atoms. The van der Waals surface area contributed by atoms with Crippen LogP contribution < -0.4 is 35.8 Å². The Bertz CT molecular complexity index is 1780. The van der Waals surface area contributed by atoms with Gasteiger partial charge in [-0.15, -0.1) is 0 Å². The van der Waals surface area contributed by atoms with Gasteiger partial charge >= 0.3 is 12.0 Å². The van der Waals surface area contributed by atoms with Crippen LogP contribution in [0, 0.1) is 0 Å². The molecule has 3 aliphatic rings. The molecular formula is C38H49N9O6. The first kappa shape index (κ1) is 37.3. The molecule has 2 aliphatic heterocycles. The van der Waals surface area contributed by atoms with E-state index in [1.165, 1.54) is 0 Å². The van der Waals surface area contributed by atoms with E-state index in [1.54, 1.807) is 73.8 Å². The predicted molar refractivity (Wildman–Crippen MR) is 201 cm³/mol. The Hall–Kier alpha value is -5.44. The number of benzene rings is 2. The van der Waals surface area contributed by atoms with E-state index in [2.05, 4.69) is 36.1 Å². The van der Waals surface area contributed by atoms with E-state index >= 15 is 0 Å². The molecule has 1 aromatic heterocycles. The number of hydrogen-bond acceptors (Lipinski definition) is 10. The Balaban J connectivity index is 1.00. The third-order valence-corrected chi connectivity index (χ3v) is 10.4. The van der Waals surface area contributed by atoms with Crippen LogP contribution in [0.4, 0.5) is 27.9 Å². The number of ether oxygens (including phenoxy) is 1. The summed E-state index contributed by atoms with van der Waals surface area (Å²) in [6, 6.07) is 12.1. The molecule has 0 bridgehead atoms. The molecule has 15 nitrogen and oxygen atoms in total. The van der Waals surface area contributed by atoms with Crippen LogP contribution in [0.25, 0.3) is 0 Å². The lowest BCUT2D eigenvalue weighted by atomic mass is 10.0. The average molecular weight is 728 g/mol. The van der Waals surface area contributed by atoms with Crippen molar-refractivity contribution in [3.05, 3.63) is 65.9 Å². The quantitative estimate of drug-likeness (QED) is 0.171. The number of carbonyl (C=O) groups excluding carboxylic acids is 3. The number of piperidine rings is 1. The summed E-state index contributed by atoms with van der Waals surface area (Å²) in [6.45, 7) is 4.47. The molecule has 6 rings (SSSR count). The second kappa shape index (κ2) is 16.9. The fourth-order valence-electron chi connectivity index (χ4n) is 7.51. The van der Waals surface area contributed by atoms with Gasteiger partial charge in [-0.3, -0.25) is 9.59 Å². The van der Waals surface area contributed by atoms with Crippen molar-refractivity contribution in [3.63, 3.8) is 0 Å². The van der Waals surface area contributed by atoms with Crippen molar-refractivity contribution < 1.29 is 29.0 Å². The van der Waals surface area contributed by atoms with Gasteiger partial charge in [0.1, 0.15) is 17.5 Å². The first-order valence-corrected chi connectivity index (χ1v) is 18.4. The number of rotatable bonds is 13. The van der Waals surface area contributed by atoms with Crippen molar-refractivity contribution in [1.29, 1.82) is 0 Å². The SMILES string of the molecule is CC[C@@H]1C(=O)N(C)c2cnc(Nc3ccc(C(=O)NC4CCN(CCNC(=O)N[C@H](C(=O)O)c5ccccc5)CC4)cc3OC)nc2N1C1CCCC1. The Morgan fingerprint density at radius 1 is 1.04 bits per heavy atom. The number of hydrogen-bond donors (Lipinski definition) is 5. The largest absolute Gasteiger partial charge is 0.495 e. The highest BCUT2D eigenvalue weighted by molar-refractivity contribution is 6.04. The normalized spacial score (nSPS) is 18.6. The molecule has 1 aliphatic carbocycles. The van der Waals surface area contributed by atoms with Crippen molar-refractivity contribution >= 4 is 47.0 Å². The zero-order valence-electron chi connectivity index (χ0n) is 30.5. The van der Waals surface area contributed by atoms with Gasteiger partial charge < -0.3 is 45.8 Å². The van der Waals surface area contributed by atoms with Crippen molar-refractivity contribution in [3.8, 4) is 5.75 Å². The van der Waals surface area contributed by atoms with Gasteiger partial charge in [-0.2, -0.15) is 4.98 Å². The molecular weight excluding hydrogens is 678 g/mol. The van der Waals surface area contributed by atoms with E-state index in [4.69, 9.17) is 9.72 Å². The summed E-state index contributed by atoms with van der Waals surface area (Å²) < 4.78 is 5.67. The number of carboxylic acids is 1. The molecule has 3 aromatic rings. The molecule has 2 atom stereocenters. The minimum absolute atomic E-state index is 0.00957. The number of aromatic nitrogens is 2. The van der Waals surface area contributed by atoms with Crippen LogP contribution in [0.3, 0.4) is 0 Å². The minimum atomic E-state index is -1.14. The van der Waals surface area contributed by atoms with Crippen LogP contribution in [0.15, 0.2) is 54.7 Å². The highest BCUT2D eigenvalue weighted by Crippen LogP contribution is 2.40. The van der Waals surface area contributed by atoms with Gasteiger partial charge in [0.2, 0.25) is 11.9 Å². The van der Waals surface area contributed by atoms with E-state index in [0.29, 0.717) is 53.7 Å². The summed E-state index contributed by atoms with van der Waals surface area (Å²) in [5.74, 6) is 0.317. The summed E-state index contributed by atoms with van der Waals surface area (Å²) in [6.07, 6.45) is 8.20. The number of amides is 4. The molecule has 0 radical (unpaired) electrons. The number of fused-ring (bicyclic) bond motifs is 1. The smallest absolute Gasteiger partial charge is 0.330 e. The Morgan fingerprint density at radius 3 is 2.45 bits per heavy atom. The average Bonchev–Trinajstić information content (AvgIpc) is 3.71. The number of likely N-dealkylation sites (tertiary alicyclic amines) is 1. The second-order valence-electron chi connectivity index (χ2n) is 13.8. The van der Waals surface area contributed by atoms with Gasteiger partial charge in [0.15, 0.2) is 11.9 Å². The maximum atomic E-state index is 13.3. The van der Waals surface area contributed by atoms with Crippen molar-refractivity contribution in [2.24, 2.45) is 0 Å². The lowest BCUT2D eigenvalue weighted by Gasteiger charge is -2.43. The monoisotopic (exact) mass is 727 g/mol. The Kier molecular flexibility index (Phi) is 11.9. The minimum Gasteiger partial charge on any atom is -0.495 e. The molecule has 0 unspecified atom stereocenters. The van der Waals surface area contributed by atoms with Crippen LogP contribution in [0.5, 0.6) is 5.75 Å². The topological polar surface area (TPSA) is 181 Å². The molecule has 2 fully saturated rings. The van der Waals surface area contributed by atoms with Crippen LogP contribution in [-0.4, -0.2) is 102 Å². The second-order valence-corrected chi connectivity index (χ2v) is 13.8. The summed E-state index contributed by atoms with van der Waals surface area (Å²) in [4.78, 5) is 66.1. The zero-order chi connectivity index (χ0) is 37.5. The number of urea groups is 1. The van der Waals surface area contributed by atoms with Crippen molar-refractivity contribution in [2.45, 2.75) is 76.0 Å². The van der Waals surface area contributed by atoms with E-state index in [1.807, 2.05) is 6.92 Å². The summed E-state index contributed by atoms with van der Waals surface area (Å²) in [5.41, 5.74) is 2.26. The fourth-order valence-corrected chi connectivity index (χ4v) is 7.51. The number of methoxy groups -OCH3 is 1. The van der Waals surface area contributed by atoms with Gasteiger partial charge in [0.05, 0.1) is 19.0 Å². The number of likely N-dealkylation sites (N-methyl/N-ethyl adjacent to an activating group) is 1. The first-order valence-electron chi connectivity index (χ1n) is 18.4. The van der Waals surface area contributed by atoms with E-state index in [-0.39, 0.29) is 29.9 Å². The number of aliphatic carboxylic acids is 1. The zero-order valence-corrected chi connectivity index (χ0v) is 30.5. The number of nitrogens with one attached hydrogen (secondary N) is 4. The van der Waals surface area contributed by atoms with Gasteiger partial charge in [-0.25, -0.2) is 14.6 Å². The molecule has 1 saturated carbocycles. The Labute approximate surface area is 309 Å². The third kappa shape index (κ3) is 8.62. The van der Waals surface area contributed by atoms with Gasteiger partial charge in [0, 0.05) is 50.9 Å². The van der Waals surface area contributed by atoms with Crippen molar-refractivity contribution in [1.82, 2.24) is 30.8 Å². The predicted octanol–water partition coefficient (Wildman–Crippen LogP) is 4.05. The highest BCUT2D eigenvalue weighted by Gasteiger charge is 2.41. The standard InChI is InChI=1S/C38H49N9O6/c1-4-29-35(49)45(2)30-23-40-37(44-33(30)47(29)27-12-8-9-13-27)42-28-15-14-25(22-31(28)53-3)34(48)41-26-16-19-46(20-17-26)21-18-39-38(52)43-32(36(50)51)24-10-6-5-7-11-24/h5-7,10-11,14-15,22-23,26-27,29,32H,4,8-9,12-13,16-21H2,1-3H3,(H,41,48)(H,50,51)(H2,39,43,52)(H,40,42,44)/t29-,32+/m1/s1. The van der Waals surface area contributed by atoms with Gasteiger partial charge in [-0.05, 0) is 55.9 Å². The van der Waals surface area contributed by atoms with E-state index in [0.717, 1.165) is 57.4 Å². The molecule has 1 saturated heterocycles. The number of carbonyl (C=O) groups is 4. The molecule has 282 valence electrons. The fraction of sp³-hybridized carbons (Fsp3) is 0.474. The highest BCUT2D eigenvalue weighted by atomic mass is 16.5. The molecule has 2 aromatic carbocycles. The maximum Gasteiger partial charge on any atom is 0.330 e. The van der Waals surface area contributed by atoms with Crippen molar-refractivity contribution in [2.75, 3.05) is 55.5 Å². The van der Waals surface area contributed by atoms with Crippen LogP contribution in [0.1, 0.15) is 73.8 Å². The summed E-state index contributed by atoms with van der Waals surface area (Å²) in [7, 11) is 3.32. The number of carboxylic acid groups (broad SMARTS) is 1. The summed E-state index contributed by atoms with van der Waals surface area (Å²) >= 11 is 0. The van der Waals surface area contributed by atoms with E-state index < -0.39 is 18.0 Å². The summed E-state index contributed by atoms with van der Waals surface area (Å²) in [5, 5.41) is 21.2. The van der Waals surface area contributed by atoms with Gasteiger partial charge in [0.25, 0.3) is 5.91 Å². The molecule has 53 heavy (non-hydrogen) atoms.